The molecule has 0 N–H and O–H groups in total. The van der Waals surface area contributed by atoms with Crippen LogP contribution in [-0.4, -0.2) is 76.1 Å². The number of ether oxygens (including phenoxy) is 5. The zero-order valence-corrected chi connectivity index (χ0v) is 23.7. The smallest absolute Gasteiger partial charge is 0.303 e. The van der Waals surface area contributed by atoms with Gasteiger partial charge in [0.05, 0.1) is 11.3 Å². The summed E-state index contributed by atoms with van der Waals surface area (Å²) in [5.74, 6) is -2.80. The van der Waals surface area contributed by atoms with Crippen LogP contribution in [0.4, 0.5) is 0 Å². The fourth-order valence-electron chi connectivity index (χ4n) is 4.15. The molecule has 3 rings (SSSR count). The number of aromatic nitrogens is 2. The number of esters is 4. The quantitative estimate of drug-likeness (QED) is 0.186. The SMILES string of the molecule is CC(=O)OC[C@H]1O[C@@H](Sc2nc(-c3ccccc3)nc(C)c2C(C)=O)[C@H](OC(C)=O)[C@@H](OC(C)=O)[C@H]1OC(C)=O. The van der Waals surface area contributed by atoms with Crippen molar-refractivity contribution in [3.8, 4) is 11.4 Å². The van der Waals surface area contributed by atoms with E-state index in [1.54, 1.807) is 6.92 Å². The second kappa shape index (κ2) is 13.5. The minimum absolute atomic E-state index is 0.220. The minimum Gasteiger partial charge on any atom is -0.463 e. The number of ketones is 1. The van der Waals surface area contributed by atoms with Crippen molar-refractivity contribution in [1.82, 2.24) is 9.97 Å². The molecular formula is C27H30N2O10S. The maximum absolute atomic E-state index is 12.7. The number of nitrogens with zero attached hydrogens (tertiary/aromatic N) is 2. The van der Waals surface area contributed by atoms with Gasteiger partial charge in [0.2, 0.25) is 0 Å². The lowest BCUT2D eigenvalue weighted by Gasteiger charge is -2.44. The maximum Gasteiger partial charge on any atom is 0.303 e. The van der Waals surface area contributed by atoms with Crippen molar-refractivity contribution in [3.63, 3.8) is 0 Å². The number of carbonyl (C=O) groups excluding carboxylic acids is 5. The Labute approximate surface area is 235 Å². The van der Waals surface area contributed by atoms with E-state index in [0.717, 1.165) is 32.5 Å². The lowest BCUT2D eigenvalue weighted by Crippen LogP contribution is -2.61. The average Bonchev–Trinajstić information content (AvgIpc) is 2.85. The van der Waals surface area contributed by atoms with Crippen LogP contribution in [0.2, 0.25) is 0 Å². The summed E-state index contributed by atoms with van der Waals surface area (Å²) < 4.78 is 27.7. The van der Waals surface area contributed by atoms with Crippen molar-refractivity contribution < 1.29 is 47.7 Å². The maximum atomic E-state index is 12.7. The predicted octanol–water partition coefficient (Wildman–Crippen LogP) is 2.83. The monoisotopic (exact) mass is 574 g/mol. The van der Waals surface area contributed by atoms with E-state index in [0.29, 0.717) is 17.1 Å². The number of hydrogen-bond donors (Lipinski definition) is 0. The number of benzene rings is 1. The van der Waals surface area contributed by atoms with Crippen molar-refractivity contribution in [3.05, 3.63) is 41.6 Å². The number of aryl methyl sites for hydroxylation is 1. The van der Waals surface area contributed by atoms with Gasteiger partial charge >= 0.3 is 23.9 Å². The molecular weight excluding hydrogens is 544 g/mol. The summed E-state index contributed by atoms with van der Waals surface area (Å²) in [6.45, 7) is 7.29. The summed E-state index contributed by atoms with van der Waals surface area (Å²) in [4.78, 5) is 69.6. The Bertz CT molecular complexity index is 1290. The predicted molar refractivity (Wildman–Crippen MR) is 140 cm³/mol. The average molecular weight is 575 g/mol. The van der Waals surface area contributed by atoms with Gasteiger partial charge in [-0.2, -0.15) is 0 Å². The molecule has 2 aromatic rings. The molecule has 1 aliphatic heterocycles. The summed E-state index contributed by atoms with van der Waals surface area (Å²) >= 11 is 0.939. The van der Waals surface area contributed by atoms with Gasteiger partial charge in [-0.1, -0.05) is 42.1 Å². The van der Waals surface area contributed by atoms with Crippen molar-refractivity contribution >= 4 is 41.4 Å². The lowest BCUT2D eigenvalue weighted by molar-refractivity contribution is -0.237. The number of thioether (sulfide) groups is 1. The van der Waals surface area contributed by atoms with Crippen molar-refractivity contribution in [2.75, 3.05) is 6.61 Å². The first kappa shape index (κ1) is 30.7. The third-order valence-electron chi connectivity index (χ3n) is 5.62. The molecule has 13 heteroatoms. The zero-order chi connectivity index (χ0) is 29.6. The number of hydrogen-bond acceptors (Lipinski definition) is 13. The highest BCUT2D eigenvalue weighted by Gasteiger charge is 2.52. The van der Waals surface area contributed by atoms with Crippen LogP contribution in [0.3, 0.4) is 0 Å². The van der Waals surface area contributed by atoms with Gasteiger partial charge < -0.3 is 23.7 Å². The molecule has 0 saturated carbocycles. The first-order valence-corrected chi connectivity index (χ1v) is 13.2. The topological polar surface area (TPSA) is 157 Å². The highest BCUT2D eigenvalue weighted by Crippen LogP contribution is 2.39. The number of Topliss-reactive ketones (excluding diaryl/α,β-unsaturated/α-hetero) is 1. The Balaban J connectivity index is 2.13. The van der Waals surface area contributed by atoms with Crippen LogP contribution in [0.5, 0.6) is 0 Å². The third kappa shape index (κ3) is 7.85. The van der Waals surface area contributed by atoms with Crippen LogP contribution in [-0.2, 0) is 42.9 Å². The molecule has 5 atom stereocenters. The number of rotatable bonds is 9. The molecule has 0 amide bonds. The Morgan fingerprint density at radius 3 is 1.93 bits per heavy atom. The van der Waals surface area contributed by atoms with Gasteiger partial charge in [0.1, 0.15) is 17.7 Å². The van der Waals surface area contributed by atoms with Gasteiger partial charge in [-0.15, -0.1) is 0 Å². The third-order valence-corrected chi connectivity index (χ3v) is 6.75. The van der Waals surface area contributed by atoms with E-state index in [1.165, 1.54) is 13.8 Å². The van der Waals surface area contributed by atoms with Crippen LogP contribution in [0.15, 0.2) is 35.4 Å². The van der Waals surface area contributed by atoms with Gasteiger partial charge in [0.15, 0.2) is 35.4 Å². The fourth-order valence-corrected chi connectivity index (χ4v) is 5.46. The largest absolute Gasteiger partial charge is 0.463 e. The molecule has 2 heterocycles. The zero-order valence-electron chi connectivity index (χ0n) is 22.9. The van der Waals surface area contributed by atoms with Crippen LogP contribution in [0.1, 0.15) is 50.7 Å². The second-order valence-corrected chi connectivity index (χ2v) is 10.0. The van der Waals surface area contributed by atoms with Crippen LogP contribution >= 0.6 is 11.8 Å². The molecule has 0 spiro atoms. The van der Waals surface area contributed by atoms with E-state index >= 15 is 0 Å². The molecule has 214 valence electrons. The van der Waals surface area contributed by atoms with Gasteiger partial charge in [-0.05, 0) is 13.8 Å². The summed E-state index contributed by atoms with van der Waals surface area (Å²) in [6.07, 6.45) is -5.06. The molecule has 1 aliphatic rings. The van der Waals surface area contributed by atoms with Crippen LogP contribution < -0.4 is 0 Å². The van der Waals surface area contributed by atoms with E-state index in [9.17, 15) is 24.0 Å². The number of carbonyl (C=O) groups is 5. The summed E-state index contributed by atoms with van der Waals surface area (Å²) in [5, 5.41) is 0.222. The first-order valence-electron chi connectivity index (χ1n) is 12.3. The first-order chi connectivity index (χ1) is 18.9. The van der Waals surface area contributed by atoms with E-state index in [2.05, 4.69) is 9.97 Å². The van der Waals surface area contributed by atoms with Crippen molar-refractivity contribution in [1.29, 1.82) is 0 Å². The van der Waals surface area contributed by atoms with Crippen LogP contribution in [0, 0.1) is 6.92 Å². The minimum atomic E-state index is -1.34. The van der Waals surface area contributed by atoms with E-state index in [1.807, 2.05) is 30.3 Å². The van der Waals surface area contributed by atoms with Gasteiger partial charge in [-0.3, -0.25) is 24.0 Å². The summed E-state index contributed by atoms with van der Waals surface area (Å²) in [5.41, 5.74) is 0.188. The molecule has 0 radical (unpaired) electrons. The molecule has 1 fully saturated rings. The van der Waals surface area contributed by atoms with Gasteiger partial charge in [0.25, 0.3) is 0 Å². The summed E-state index contributed by atoms with van der Waals surface area (Å²) in [6, 6.07) is 9.10. The van der Waals surface area contributed by atoms with Gasteiger partial charge in [0, 0.05) is 33.3 Å². The van der Waals surface area contributed by atoms with Crippen molar-refractivity contribution in [2.24, 2.45) is 0 Å². The summed E-state index contributed by atoms with van der Waals surface area (Å²) in [7, 11) is 0. The van der Waals surface area contributed by atoms with Crippen LogP contribution in [0.25, 0.3) is 11.4 Å². The highest BCUT2D eigenvalue weighted by atomic mass is 32.2. The molecule has 0 bridgehead atoms. The molecule has 0 aliphatic carbocycles. The molecule has 1 saturated heterocycles. The van der Waals surface area contributed by atoms with Crippen molar-refractivity contribution in [2.45, 2.75) is 76.4 Å². The Morgan fingerprint density at radius 2 is 1.38 bits per heavy atom. The normalized spacial score (nSPS) is 22.1. The molecule has 40 heavy (non-hydrogen) atoms. The molecule has 1 aromatic carbocycles. The van der Waals surface area contributed by atoms with E-state index in [-0.39, 0.29) is 23.0 Å². The van der Waals surface area contributed by atoms with E-state index in [4.69, 9.17) is 23.7 Å². The molecule has 1 aromatic heterocycles. The highest BCUT2D eigenvalue weighted by molar-refractivity contribution is 7.99. The fraction of sp³-hybridized carbons (Fsp3) is 0.444. The lowest BCUT2D eigenvalue weighted by atomic mass is 9.99. The standard InChI is InChI=1S/C27H30N2O10S/c1-13-21(14(2)30)26(29-25(28-13)19-10-8-7-9-11-19)40-27-24(38-18(6)34)23(37-17(5)33)22(36-16(4)32)20(39-27)12-35-15(3)31/h7-11,20,22-24,27H,12H2,1-6H3/t20-,22+,23+,24-,27+/m1/s1. The van der Waals surface area contributed by atoms with E-state index < -0.39 is 53.7 Å². The molecule has 0 unspecified atom stereocenters. The second-order valence-electron chi connectivity index (χ2n) is 8.92. The Kier molecular flexibility index (Phi) is 10.3. The Hall–Kier alpha value is -3.84. The Morgan fingerprint density at radius 1 is 0.800 bits per heavy atom. The molecule has 12 nitrogen and oxygen atoms in total. The van der Waals surface area contributed by atoms with Gasteiger partial charge in [-0.25, -0.2) is 9.97 Å².